The van der Waals surface area contributed by atoms with Gasteiger partial charge in [0.2, 0.25) is 5.78 Å². The molecule has 2 aromatic rings. The number of ether oxygens (including phenoxy) is 1. The second-order valence-corrected chi connectivity index (χ2v) is 5.24. The van der Waals surface area contributed by atoms with Crippen LogP contribution < -0.4 is 4.74 Å². The lowest BCUT2D eigenvalue weighted by Gasteiger charge is -2.15. The third-order valence-corrected chi connectivity index (χ3v) is 3.45. The van der Waals surface area contributed by atoms with E-state index in [2.05, 4.69) is 0 Å². The molecule has 0 aliphatic rings. The summed E-state index contributed by atoms with van der Waals surface area (Å²) < 4.78 is 5.69. The third-order valence-electron chi connectivity index (χ3n) is 3.45. The summed E-state index contributed by atoms with van der Waals surface area (Å²) in [6.07, 6.45) is -0.550. The Morgan fingerprint density at radius 1 is 1.14 bits per heavy atom. The van der Waals surface area contributed by atoms with E-state index >= 15 is 0 Å². The molecule has 0 aliphatic heterocycles. The van der Waals surface area contributed by atoms with E-state index in [1.54, 1.807) is 31.2 Å². The number of rotatable bonds is 5. The molecule has 21 heavy (non-hydrogen) atoms. The summed E-state index contributed by atoms with van der Waals surface area (Å²) in [6.45, 7) is 5.64. The van der Waals surface area contributed by atoms with Crippen LogP contribution in [0.4, 0.5) is 0 Å². The predicted octanol–water partition coefficient (Wildman–Crippen LogP) is 3.45. The van der Waals surface area contributed by atoms with E-state index in [4.69, 9.17) is 9.84 Å². The predicted molar refractivity (Wildman–Crippen MR) is 82.7 cm³/mol. The van der Waals surface area contributed by atoms with Crippen molar-refractivity contribution in [1.29, 1.82) is 0 Å². The van der Waals surface area contributed by atoms with Crippen LogP contribution in [0.1, 0.15) is 34.0 Å². The highest BCUT2D eigenvalue weighted by Gasteiger charge is 2.18. The smallest absolute Gasteiger partial charge is 0.203 e. The first-order valence-corrected chi connectivity index (χ1v) is 6.99. The van der Waals surface area contributed by atoms with Gasteiger partial charge < -0.3 is 9.84 Å². The number of benzene rings is 2. The topological polar surface area (TPSA) is 46.5 Å². The number of aryl methyl sites for hydroxylation is 2. The number of aliphatic hydroxyl groups is 1. The maximum Gasteiger partial charge on any atom is 0.203 e. The van der Waals surface area contributed by atoms with E-state index in [1.807, 2.05) is 32.0 Å². The zero-order valence-electron chi connectivity index (χ0n) is 12.6. The molecule has 0 aliphatic carbocycles. The van der Waals surface area contributed by atoms with Gasteiger partial charge in [-0.05, 0) is 50.1 Å². The summed E-state index contributed by atoms with van der Waals surface area (Å²) in [7, 11) is 0. The average Bonchev–Trinajstić information content (AvgIpc) is 2.49. The van der Waals surface area contributed by atoms with Crippen LogP contribution >= 0.6 is 0 Å². The zero-order chi connectivity index (χ0) is 15.4. The summed E-state index contributed by atoms with van der Waals surface area (Å²) in [6, 6.07) is 12.9. The van der Waals surface area contributed by atoms with Crippen LogP contribution in [0.2, 0.25) is 0 Å². The normalized spacial score (nSPS) is 12.0. The van der Waals surface area contributed by atoms with Crippen LogP contribution in [0.3, 0.4) is 0 Å². The summed E-state index contributed by atoms with van der Waals surface area (Å²) in [5.74, 6) is 0.598. The van der Waals surface area contributed by atoms with Gasteiger partial charge in [-0.25, -0.2) is 0 Å². The molecule has 0 heterocycles. The molecule has 0 saturated carbocycles. The van der Waals surface area contributed by atoms with Crippen LogP contribution in [-0.4, -0.2) is 17.0 Å². The van der Waals surface area contributed by atoms with Gasteiger partial charge in [-0.2, -0.15) is 0 Å². The summed E-state index contributed by atoms with van der Waals surface area (Å²) >= 11 is 0. The van der Waals surface area contributed by atoms with Gasteiger partial charge >= 0.3 is 0 Å². The molecule has 1 atom stereocenters. The SMILES string of the molecule is Cc1ccc(C)c(C(=O)C(C)Oc2ccc(CO)cc2)c1. The first kappa shape index (κ1) is 15.3. The van der Waals surface area contributed by atoms with Gasteiger partial charge in [0, 0.05) is 5.56 Å². The Bertz CT molecular complexity index is 629. The monoisotopic (exact) mass is 284 g/mol. The molecule has 1 N–H and O–H groups in total. The number of carbonyl (C=O) groups is 1. The molecular formula is C18H20O3. The molecule has 0 radical (unpaired) electrons. The number of hydrogen-bond acceptors (Lipinski definition) is 3. The fraction of sp³-hybridized carbons (Fsp3) is 0.278. The van der Waals surface area contributed by atoms with Crippen molar-refractivity contribution in [3.8, 4) is 5.75 Å². The molecule has 0 aromatic heterocycles. The van der Waals surface area contributed by atoms with Crippen LogP contribution in [0.5, 0.6) is 5.75 Å². The highest BCUT2D eigenvalue weighted by molar-refractivity contribution is 6.00. The van der Waals surface area contributed by atoms with Gasteiger partial charge in [0.05, 0.1) is 6.61 Å². The van der Waals surface area contributed by atoms with Crippen molar-refractivity contribution in [1.82, 2.24) is 0 Å². The molecule has 2 aromatic carbocycles. The van der Waals surface area contributed by atoms with E-state index in [0.29, 0.717) is 11.3 Å². The quantitative estimate of drug-likeness (QED) is 0.855. The van der Waals surface area contributed by atoms with Gasteiger partial charge in [-0.1, -0.05) is 29.8 Å². The fourth-order valence-electron chi connectivity index (χ4n) is 2.15. The molecule has 0 saturated heterocycles. The van der Waals surface area contributed by atoms with E-state index in [9.17, 15) is 4.79 Å². The molecule has 0 bridgehead atoms. The maximum absolute atomic E-state index is 12.5. The molecule has 0 fully saturated rings. The lowest BCUT2D eigenvalue weighted by Crippen LogP contribution is -2.24. The minimum atomic E-state index is -0.550. The van der Waals surface area contributed by atoms with E-state index in [-0.39, 0.29) is 12.4 Å². The van der Waals surface area contributed by atoms with Crippen LogP contribution in [0.25, 0.3) is 0 Å². The van der Waals surface area contributed by atoms with E-state index in [0.717, 1.165) is 16.7 Å². The molecule has 0 spiro atoms. The summed E-state index contributed by atoms with van der Waals surface area (Å²) in [5, 5.41) is 9.01. The number of Topliss-reactive ketones (excluding diaryl/α,β-unsaturated/α-hetero) is 1. The van der Waals surface area contributed by atoms with Gasteiger partial charge in [0.25, 0.3) is 0 Å². The largest absolute Gasteiger partial charge is 0.483 e. The number of ketones is 1. The van der Waals surface area contributed by atoms with Gasteiger partial charge in [-0.3, -0.25) is 4.79 Å². The third kappa shape index (κ3) is 3.70. The second-order valence-electron chi connectivity index (χ2n) is 5.24. The molecule has 2 rings (SSSR count). The van der Waals surface area contributed by atoms with Crippen LogP contribution in [-0.2, 0) is 6.61 Å². The van der Waals surface area contributed by atoms with E-state index < -0.39 is 6.10 Å². The van der Waals surface area contributed by atoms with Crippen molar-refractivity contribution in [3.63, 3.8) is 0 Å². The Kier molecular flexibility index (Phi) is 4.76. The number of carbonyl (C=O) groups excluding carboxylic acids is 1. The molecule has 3 heteroatoms. The van der Waals surface area contributed by atoms with Crippen molar-refractivity contribution < 1.29 is 14.6 Å². The van der Waals surface area contributed by atoms with Gasteiger partial charge in [-0.15, -0.1) is 0 Å². The van der Waals surface area contributed by atoms with E-state index in [1.165, 1.54) is 0 Å². The Labute approximate surface area is 125 Å². The highest BCUT2D eigenvalue weighted by atomic mass is 16.5. The maximum atomic E-state index is 12.5. The van der Waals surface area contributed by atoms with Crippen molar-refractivity contribution in [2.75, 3.05) is 0 Å². The molecular weight excluding hydrogens is 264 g/mol. The Morgan fingerprint density at radius 2 is 1.81 bits per heavy atom. The zero-order valence-corrected chi connectivity index (χ0v) is 12.6. The van der Waals surface area contributed by atoms with Gasteiger partial charge in [0.1, 0.15) is 5.75 Å². The number of hydrogen-bond donors (Lipinski definition) is 1. The summed E-state index contributed by atoms with van der Waals surface area (Å²) in [5.41, 5.74) is 3.53. The minimum Gasteiger partial charge on any atom is -0.483 e. The molecule has 110 valence electrons. The minimum absolute atomic E-state index is 0.00273. The first-order valence-electron chi connectivity index (χ1n) is 6.99. The van der Waals surface area contributed by atoms with Gasteiger partial charge in [0.15, 0.2) is 6.10 Å². The standard InChI is InChI=1S/C18H20O3/c1-12-4-5-13(2)17(10-12)18(20)14(3)21-16-8-6-15(11-19)7-9-16/h4-10,14,19H,11H2,1-3H3. The van der Waals surface area contributed by atoms with Crippen LogP contribution in [0, 0.1) is 13.8 Å². The summed E-state index contributed by atoms with van der Waals surface area (Å²) in [4.78, 5) is 12.5. The average molecular weight is 284 g/mol. The molecule has 0 amide bonds. The first-order chi connectivity index (χ1) is 10.0. The van der Waals surface area contributed by atoms with Crippen molar-refractivity contribution in [3.05, 3.63) is 64.7 Å². The Morgan fingerprint density at radius 3 is 2.43 bits per heavy atom. The lowest BCUT2D eigenvalue weighted by molar-refractivity contribution is 0.0817. The number of aliphatic hydroxyl groups excluding tert-OH is 1. The highest BCUT2D eigenvalue weighted by Crippen LogP contribution is 2.18. The van der Waals surface area contributed by atoms with Crippen molar-refractivity contribution in [2.45, 2.75) is 33.5 Å². The lowest BCUT2D eigenvalue weighted by atomic mass is 9.99. The van der Waals surface area contributed by atoms with Crippen LogP contribution in [0.15, 0.2) is 42.5 Å². The molecule has 3 nitrogen and oxygen atoms in total. The van der Waals surface area contributed by atoms with Crippen molar-refractivity contribution in [2.24, 2.45) is 0 Å². The Balaban J connectivity index is 2.13. The fourth-order valence-corrected chi connectivity index (χ4v) is 2.15. The Hall–Kier alpha value is -2.13. The second kappa shape index (κ2) is 6.55. The van der Waals surface area contributed by atoms with Crippen molar-refractivity contribution >= 4 is 5.78 Å². The molecule has 1 unspecified atom stereocenters.